The Bertz CT molecular complexity index is 677. The number of hydrogen-bond acceptors (Lipinski definition) is 5. The maximum Gasteiger partial charge on any atom is 0.187 e. The molecule has 2 saturated carbocycles. The van der Waals surface area contributed by atoms with E-state index in [1.807, 2.05) is 0 Å². The molecular formula is C21H30O5. The molecule has 5 nitrogen and oxygen atoms in total. The second-order valence-corrected chi connectivity index (χ2v) is 10.1. The fourth-order valence-electron chi connectivity index (χ4n) is 8.07. The van der Waals surface area contributed by atoms with Gasteiger partial charge < -0.3 is 24.4 Å². The predicted molar refractivity (Wildman–Crippen MR) is 92.9 cm³/mol. The summed E-state index contributed by atoms with van der Waals surface area (Å²) in [6.45, 7) is 5.29. The van der Waals surface area contributed by atoms with Crippen LogP contribution in [0.2, 0.25) is 0 Å². The average Bonchev–Trinajstić information content (AvgIpc) is 3.07. The van der Waals surface area contributed by atoms with E-state index >= 15 is 0 Å². The minimum absolute atomic E-state index is 0.0484. The number of fused-ring (bicyclic) bond motifs is 3. The third-order valence-corrected chi connectivity index (χ3v) is 9.36. The van der Waals surface area contributed by atoms with Crippen molar-refractivity contribution < 1.29 is 24.4 Å². The first kappa shape index (κ1) is 16.5. The maximum absolute atomic E-state index is 11.1. The lowest BCUT2D eigenvalue weighted by Gasteiger charge is -2.64. The van der Waals surface area contributed by atoms with Gasteiger partial charge in [0.25, 0.3) is 0 Å². The minimum atomic E-state index is -0.917. The Kier molecular flexibility index (Phi) is 3.12. The Hall–Kier alpha value is -0.460. The summed E-state index contributed by atoms with van der Waals surface area (Å²) in [7, 11) is 0. The van der Waals surface area contributed by atoms with Crippen LogP contribution in [0.15, 0.2) is 11.6 Å². The zero-order valence-corrected chi connectivity index (χ0v) is 15.7. The molecule has 6 aliphatic rings. The fraction of sp³-hybridized carbons (Fsp3) is 0.905. The van der Waals surface area contributed by atoms with Gasteiger partial charge >= 0.3 is 0 Å². The molecule has 144 valence electrons. The number of aliphatic hydroxyl groups is 2. The third kappa shape index (κ3) is 1.63. The molecule has 0 spiro atoms. The Labute approximate surface area is 154 Å². The normalized spacial score (nSPS) is 62.9. The predicted octanol–water partition coefficient (Wildman–Crippen LogP) is 2.36. The van der Waals surface area contributed by atoms with Crippen LogP contribution in [-0.4, -0.2) is 47.2 Å². The molecule has 3 heterocycles. The number of hydrogen-bond donors (Lipinski definition) is 2. The van der Waals surface area contributed by atoms with Crippen LogP contribution in [0.25, 0.3) is 0 Å². The zero-order valence-electron chi connectivity index (χ0n) is 15.7. The Morgan fingerprint density at radius 3 is 2.81 bits per heavy atom. The van der Waals surface area contributed by atoms with Gasteiger partial charge in [-0.3, -0.25) is 0 Å². The molecule has 3 aliphatic carbocycles. The van der Waals surface area contributed by atoms with Gasteiger partial charge in [0.2, 0.25) is 0 Å². The van der Waals surface area contributed by atoms with Crippen molar-refractivity contribution in [1.29, 1.82) is 0 Å². The van der Waals surface area contributed by atoms with Crippen LogP contribution < -0.4 is 0 Å². The molecule has 0 aromatic heterocycles. The van der Waals surface area contributed by atoms with E-state index in [0.29, 0.717) is 12.5 Å². The zero-order chi connectivity index (χ0) is 17.9. The molecule has 26 heavy (non-hydrogen) atoms. The molecule has 3 aliphatic heterocycles. The summed E-state index contributed by atoms with van der Waals surface area (Å²) in [5.74, 6) is 0.989. The fourth-order valence-corrected chi connectivity index (χ4v) is 8.07. The lowest BCUT2D eigenvalue weighted by atomic mass is 9.44. The highest BCUT2D eigenvalue weighted by Crippen LogP contribution is 2.72. The van der Waals surface area contributed by atoms with E-state index in [2.05, 4.69) is 19.9 Å². The van der Waals surface area contributed by atoms with Gasteiger partial charge in [0, 0.05) is 17.3 Å². The number of aliphatic hydroxyl groups excluding tert-OH is 2. The standard InChI is InChI=1S/C21H30O5/c1-19-7-5-12(22)9-11(19)3-4-14-13(19)6-8-20(2)16-15-10-24-17(16)25-18(23)21(14,20)26-15/h3,12-18,22-23H,4-10H2,1-2H3/t12-,13-,14+,15-,16+,17-,18+,19-,20+,21+/m0/s1. The van der Waals surface area contributed by atoms with Crippen LogP contribution in [0, 0.1) is 28.6 Å². The van der Waals surface area contributed by atoms with Gasteiger partial charge in [0.1, 0.15) is 5.60 Å². The Balaban J connectivity index is 1.47. The summed E-state index contributed by atoms with van der Waals surface area (Å²) in [5.41, 5.74) is 0.843. The molecule has 10 atom stereocenters. The molecule has 5 fully saturated rings. The molecule has 2 bridgehead atoms. The average molecular weight is 362 g/mol. The molecule has 6 rings (SSSR count). The Morgan fingerprint density at radius 2 is 1.96 bits per heavy atom. The van der Waals surface area contributed by atoms with Crippen LogP contribution >= 0.6 is 0 Å². The smallest absolute Gasteiger partial charge is 0.187 e. The van der Waals surface area contributed by atoms with Crippen LogP contribution in [0.5, 0.6) is 0 Å². The second kappa shape index (κ2) is 4.93. The molecule has 0 amide bonds. The van der Waals surface area contributed by atoms with E-state index in [1.165, 1.54) is 12.0 Å². The number of rotatable bonds is 0. The van der Waals surface area contributed by atoms with Gasteiger partial charge in [-0.25, -0.2) is 0 Å². The lowest BCUT2D eigenvalue weighted by molar-refractivity contribution is -0.371. The summed E-state index contributed by atoms with van der Waals surface area (Å²) in [4.78, 5) is 0. The van der Waals surface area contributed by atoms with Crippen molar-refractivity contribution in [1.82, 2.24) is 0 Å². The van der Waals surface area contributed by atoms with Gasteiger partial charge in [-0.05, 0) is 49.9 Å². The van der Waals surface area contributed by atoms with Crippen LogP contribution in [0.4, 0.5) is 0 Å². The number of allylic oxidation sites excluding steroid dienone is 1. The van der Waals surface area contributed by atoms with Crippen molar-refractivity contribution in [2.75, 3.05) is 6.61 Å². The summed E-state index contributed by atoms with van der Waals surface area (Å²) in [6, 6.07) is 0. The highest BCUT2D eigenvalue weighted by molar-refractivity contribution is 5.30. The summed E-state index contributed by atoms with van der Waals surface area (Å²) >= 11 is 0. The summed E-state index contributed by atoms with van der Waals surface area (Å²) in [5, 5.41) is 21.3. The molecule has 0 aromatic rings. The van der Waals surface area contributed by atoms with E-state index in [-0.39, 0.29) is 41.2 Å². The quantitative estimate of drug-likeness (QED) is 0.648. The van der Waals surface area contributed by atoms with Crippen molar-refractivity contribution in [3.8, 4) is 0 Å². The summed E-state index contributed by atoms with van der Waals surface area (Å²) in [6.07, 6.45) is 6.84. The van der Waals surface area contributed by atoms with E-state index in [0.717, 1.165) is 32.1 Å². The highest BCUT2D eigenvalue weighted by Gasteiger charge is 2.78. The van der Waals surface area contributed by atoms with Gasteiger partial charge in [-0.1, -0.05) is 25.5 Å². The molecule has 0 aromatic carbocycles. The van der Waals surface area contributed by atoms with Crippen molar-refractivity contribution in [3.05, 3.63) is 11.6 Å². The first-order valence-electron chi connectivity index (χ1n) is 10.4. The van der Waals surface area contributed by atoms with Gasteiger partial charge in [0.05, 0.1) is 18.8 Å². The maximum atomic E-state index is 11.1. The highest BCUT2D eigenvalue weighted by atomic mass is 16.8. The SMILES string of the molecule is C[C@]12CC[C@H](O)CC1=CC[C@@H]1[C@@H]2CC[C@]2(C)[C@H]3[C@H]4OC[C@@H]3O[C@@]12[C@H](O)O4. The lowest BCUT2D eigenvalue weighted by Crippen LogP contribution is -2.70. The first-order valence-corrected chi connectivity index (χ1v) is 10.4. The van der Waals surface area contributed by atoms with Crippen molar-refractivity contribution in [2.45, 2.75) is 82.8 Å². The van der Waals surface area contributed by atoms with E-state index in [4.69, 9.17) is 14.2 Å². The van der Waals surface area contributed by atoms with Gasteiger partial charge in [0.15, 0.2) is 12.6 Å². The molecule has 0 radical (unpaired) electrons. The molecular weight excluding hydrogens is 332 g/mol. The minimum Gasteiger partial charge on any atom is -0.393 e. The van der Waals surface area contributed by atoms with Crippen LogP contribution in [-0.2, 0) is 14.2 Å². The first-order chi connectivity index (χ1) is 12.4. The van der Waals surface area contributed by atoms with Crippen molar-refractivity contribution in [3.63, 3.8) is 0 Å². The van der Waals surface area contributed by atoms with Crippen molar-refractivity contribution in [2.24, 2.45) is 28.6 Å². The van der Waals surface area contributed by atoms with E-state index in [9.17, 15) is 10.2 Å². The molecule has 0 unspecified atom stereocenters. The third-order valence-electron chi connectivity index (χ3n) is 9.36. The second-order valence-electron chi connectivity index (χ2n) is 10.1. The summed E-state index contributed by atoms with van der Waals surface area (Å²) < 4.78 is 18.5. The molecule has 3 saturated heterocycles. The van der Waals surface area contributed by atoms with Crippen LogP contribution in [0.3, 0.4) is 0 Å². The monoisotopic (exact) mass is 362 g/mol. The van der Waals surface area contributed by atoms with E-state index in [1.54, 1.807) is 0 Å². The Morgan fingerprint density at radius 1 is 1.12 bits per heavy atom. The van der Waals surface area contributed by atoms with Crippen LogP contribution in [0.1, 0.15) is 52.4 Å². The van der Waals surface area contributed by atoms with Gasteiger partial charge in [-0.2, -0.15) is 0 Å². The topological polar surface area (TPSA) is 68.2 Å². The van der Waals surface area contributed by atoms with Crippen molar-refractivity contribution >= 4 is 0 Å². The van der Waals surface area contributed by atoms with E-state index < -0.39 is 11.9 Å². The number of ether oxygens (including phenoxy) is 3. The molecule has 2 N–H and O–H groups in total. The van der Waals surface area contributed by atoms with Gasteiger partial charge in [-0.15, -0.1) is 0 Å². The largest absolute Gasteiger partial charge is 0.393 e. The molecule has 5 heteroatoms.